The molecule has 0 fully saturated rings. The van der Waals surface area contributed by atoms with E-state index in [0.717, 1.165) is 0 Å². The zero-order valence-corrected chi connectivity index (χ0v) is 26.1. The zero-order valence-electron chi connectivity index (χ0n) is 25.3. The van der Waals surface area contributed by atoms with Crippen LogP contribution in [0, 0.1) is 0 Å². The van der Waals surface area contributed by atoms with E-state index in [9.17, 15) is 23.2 Å². The molecule has 0 bridgehead atoms. The van der Waals surface area contributed by atoms with Gasteiger partial charge in [0.25, 0.3) is 11.4 Å². The van der Waals surface area contributed by atoms with Crippen molar-refractivity contribution in [2.24, 2.45) is 0 Å². The molecule has 45 heavy (non-hydrogen) atoms. The number of aromatic nitrogens is 3. The van der Waals surface area contributed by atoms with Gasteiger partial charge < -0.3 is 23.2 Å². The fraction of sp³-hybridized carbons (Fsp3) is 0.344. The Morgan fingerprint density at radius 3 is 2.31 bits per heavy atom. The first-order chi connectivity index (χ1) is 21.3. The molecule has 10 nitrogen and oxygen atoms in total. The van der Waals surface area contributed by atoms with Gasteiger partial charge in [0.05, 0.1) is 24.9 Å². The van der Waals surface area contributed by atoms with Gasteiger partial charge in [0.1, 0.15) is 11.4 Å². The number of carbonyl (C=O) groups excluding carboxylic acids is 2. The second-order valence-corrected chi connectivity index (χ2v) is 11.5. The molecule has 0 saturated carbocycles. The number of nitrogens with zero attached hydrogens (tertiary/aromatic N) is 3. The lowest BCUT2D eigenvalue weighted by Gasteiger charge is -2.21. The highest BCUT2D eigenvalue weighted by Crippen LogP contribution is 2.38. The molecule has 2 aromatic carbocycles. The smallest absolute Gasteiger partial charge is 0.338 e. The van der Waals surface area contributed by atoms with Crippen LogP contribution in [0.4, 0.5) is 8.78 Å². The van der Waals surface area contributed by atoms with E-state index in [1.165, 1.54) is 49.2 Å². The minimum absolute atomic E-state index is 0.0262. The lowest BCUT2D eigenvalue weighted by molar-refractivity contribution is -0.122. The van der Waals surface area contributed by atoms with Gasteiger partial charge in [-0.1, -0.05) is 23.7 Å². The first-order valence-corrected chi connectivity index (χ1v) is 14.2. The molecule has 238 valence electrons. The van der Waals surface area contributed by atoms with Crippen LogP contribution in [-0.2, 0) is 20.7 Å². The maximum absolute atomic E-state index is 13.6. The number of benzene rings is 2. The maximum Gasteiger partial charge on any atom is 0.338 e. The van der Waals surface area contributed by atoms with E-state index in [-0.39, 0.29) is 48.0 Å². The Hall–Kier alpha value is -4.42. The second-order valence-electron chi connectivity index (χ2n) is 11.1. The highest BCUT2D eigenvalue weighted by molar-refractivity contribution is 6.31. The average Bonchev–Trinajstić information content (AvgIpc) is 3.48. The third kappa shape index (κ3) is 8.20. The number of ketones is 1. The van der Waals surface area contributed by atoms with Crippen molar-refractivity contribution in [1.29, 1.82) is 0 Å². The summed E-state index contributed by atoms with van der Waals surface area (Å²) in [6.07, 6.45) is -1.40. The lowest BCUT2D eigenvalue weighted by Crippen LogP contribution is -2.31. The first-order valence-electron chi connectivity index (χ1n) is 13.9. The van der Waals surface area contributed by atoms with Gasteiger partial charge in [-0.2, -0.15) is 8.78 Å². The highest BCUT2D eigenvalue weighted by Gasteiger charge is 2.26. The van der Waals surface area contributed by atoms with E-state index in [0.29, 0.717) is 21.7 Å². The van der Waals surface area contributed by atoms with Gasteiger partial charge in [-0.25, -0.2) is 4.79 Å². The minimum Gasteiger partial charge on any atom is -0.495 e. The normalized spacial score (nSPS) is 12.3. The SMILES string of the molecule is COCCC(C(=O)Cc1ccc(C(=O)OC(C)(C)C)cc1)n1cc(OC)c(-c2cc(Cl)ccc2-c2nnc(C(F)F)o2)cc1=O. The lowest BCUT2D eigenvalue weighted by atomic mass is 9.98. The number of Topliss-reactive ketones (excluding diaryl/α,β-unsaturated/α-hetero) is 1. The van der Waals surface area contributed by atoms with Crippen LogP contribution in [0.25, 0.3) is 22.6 Å². The number of methoxy groups -OCH3 is 2. The summed E-state index contributed by atoms with van der Waals surface area (Å²) in [5.41, 5.74) is 0.629. The molecule has 0 amide bonds. The van der Waals surface area contributed by atoms with Gasteiger partial charge in [-0.05, 0) is 68.7 Å². The molecular weight excluding hydrogens is 612 g/mol. The third-order valence-corrected chi connectivity index (χ3v) is 6.90. The number of carbonyl (C=O) groups is 2. The van der Waals surface area contributed by atoms with Crippen LogP contribution < -0.4 is 10.3 Å². The fourth-order valence-corrected chi connectivity index (χ4v) is 4.77. The fourth-order valence-electron chi connectivity index (χ4n) is 4.60. The van der Waals surface area contributed by atoms with E-state index in [4.69, 9.17) is 30.2 Å². The number of rotatable bonds is 12. The van der Waals surface area contributed by atoms with E-state index in [1.54, 1.807) is 45.0 Å². The summed E-state index contributed by atoms with van der Waals surface area (Å²) < 4.78 is 48.9. The van der Waals surface area contributed by atoms with E-state index in [2.05, 4.69) is 10.2 Å². The Bertz CT molecular complexity index is 1730. The Balaban J connectivity index is 1.68. The molecule has 4 rings (SSSR count). The molecule has 2 aromatic heterocycles. The van der Waals surface area contributed by atoms with Crippen molar-refractivity contribution < 1.29 is 37.0 Å². The number of pyridine rings is 1. The standard InChI is InChI=1S/C32H32ClF2N3O7/c1-32(2,3)45-31(41)19-8-6-18(7-9-19)14-25(39)24(12-13-42-4)38-17-26(43-5)23(16-27(38)40)22-15-20(33)10-11-21(22)29-36-37-30(44-29)28(34)35/h6-11,15-17,24,28H,12-14H2,1-5H3. The number of hydrogen-bond donors (Lipinski definition) is 0. The Morgan fingerprint density at radius 1 is 1.00 bits per heavy atom. The molecule has 13 heteroatoms. The molecule has 0 spiro atoms. The van der Waals surface area contributed by atoms with Crippen molar-refractivity contribution in [3.8, 4) is 28.3 Å². The largest absolute Gasteiger partial charge is 0.495 e. The van der Waals surface area contributed by atoms with Crippen LogP contribution in [0.15, 0.2) is 63.9 Å². The number of hydrogen-bond acceptors (Lipinski definition) is 9. The quantitative estimate of drug-likeness (QED) is 0.159. The van der Waals surface area contributed by atoms with E-state index in [1.807, 2.05) is 0 Å². The molecule has 0 aliphatic heterocycles. The number of alkyl halides is 2. The van der Waals surface area contributed by atoms with Crippen LogP contribution in [0.5, 0.6) is 5.75 Å². The molecule has 0 aliphatic carbocycles. The van der Waals surface area contributed by atoms with Crippen LogP contribution >= 0.6 is 11.6 Å². The average molecular weight is 644 g/mol. The van der Waals surface area contributed by atoms with Crippen molar-refractivity contribution in [3.05, 3.63) is 87.1 Å². The minimum atomic E-state index is -2.97. The molecule has 0 radical (unpaired) electrons. The van der Waals surface area contributed by atoms with Gasteiger partial charge in [-0.3, -0.25) is 9.59 Å². The number of ether oxygens (including phenoxy) is 3. The Kier molecular flexibility index (Phi) is 10.5. The number of halogens is 3. The van der Waals surface area contributed by atoms with Gasteiger partial charge in [0, 0.05) is 42.4 Å². The molecule has 0 aliphatic rings. The van der Waals surface area contributed by atoms with Crippen LogP contribution in [0.3, 0.4) is 0 Å². The highest BCUT2D eigenvalue weighted by atomic mass is 35.5. The first kappa shape index (κ1) is 33.5. The van der Waals surface area contributed by atoms with Crippen LogP contribution in [0.1, 0.15) is 61.5 Å². The van der Waals surface area contributed by atoms with Gasteiger partial charge in [0.2, 0.25) is 5.89 Å². The summed E-state index contributed by atoms with van der Waals surface area (Å²) in [5, 5.41) is 7.40. The molecular formula is C32H32ClF2N3O7. The topological polar surface area (TPSA) is 123 Å². The zero-order chi connectivity index (χ0) is 32.9. The van der Waals surface area contributed by atoms with E-state index >= 15 is 0 Å². The maximum atomic E-state index is 13.6. The Labute approximate surface area is 262 Å². The summed E-state index contributed by atoms with van der Waals surface area (Å²) in [7, 11) is 2.87. The van der Waals surface area contributed by atoms with Crippen molar-refractivity contribution in [1.82, 2.24) is 14.8 Å². The summed E-state index contributed by atoms with van der Waals surface area (Å²) in [6.45, 7) is 5.50. The van der Waals surface area contributed by atoms with Crippen molar-refractivity contribution in [3.63, 3.8) is 0 Å². The molecule has 2 heterocycles. The van der Waals surface area contributed by atoms with E-state index < -0.39 is 35.5 Å². The predicted molar refractivity (Wildman–Crippen MR) is 162 cm³/mol. The van der Waals surface area contributed by atoms with Gasteiger partial charge >= 0.3 is 12.4 Å². The molecule has 0 saturated heterocycles. The predicted octanol–water partition coefficient (Wildman–Crippen LogP) is 6.51. The molecule has 0 N–H and O–H groups in total. The Morgan fingerprint density at radius 2 is 1.71 bits per heavy atom. The summed E-state index contributed by atoms with van der Waals surface area (Å²) >= 11 is 6.26. The van der Waals surface area contributed by atoms with Crippen molar-refractivity contribution in [2.75, 3.05) is 20.8 Å². The molecule has 4 aromatic rings. The molecule has 1 atom stereocenters. The van der Waals surface area contributed by atoms with Gasteiger partial charge in [-0.15, -0.1) is 10.2 Å². The van der Waals surface area contributed by atoms with Crippen LogP contribution in [-0.4, -0.2) is 52.9 Å². The third-order valence-electron chi connectivity index (χ3n) is 6.66. The molecule has 1 unspecified atom stereocenters. The van der Waals surface area contributed by atoms with Crippen LogP contribution in [0.2, 0.25) is 5.02 Å². The monoisotopic (exact) mass is 643 g/mol. The number of esters is 1. The van der Waals surface area contributed by atoms with Crippen molar-refractivity contribution in [2.45, 2.75) is 51.7 Å². The summed E-state index contributed by atoms with van der Waals surface area (Å²) in [4.78, 5) is 39.6. The summed E-state index contributed by atoms with van der Waals surface area (Å²) in [5.74, 6) is -1.61. The second kappa shape index (κ2) is 14.1. The van der Waals surface area contributed by atoms with Gasteiger partial charge in [0.15, 0.2) is 5.78 Å². The summed E-state index contributed by atoms with van der Waals surface area (Å²) in [6, 6.07) is 11.4. The van der Waals surface area contributed by atoms with Crippen molar-refractivity contribution >= 4 is 23.4 Å².